The van der Waals surface area contributed by atoms with Gasteiger partial charge < -0.3 is 10.2 Å². The van der Waals surface area contributed by atoms with Gasteiger partial charge in [0.2, 0.25) is 23.6 Å². The summed E-state index contributed by atoms with van der Waals surface area (Å²) in [5, 5.41) is 3.68. The lowest BCUT2D eigenvalue weighted by molar-refractivity contribution is -0.143. The number of likely N-dealkylation sites (tertiary alicyclic amines) is 1. The Balaban J connectivity index is 1.76. The third kappa shape index (κ3) is 5.63. The fraction of sp³-hybridized carbons (Fsp3) is 0.520. The van der Waals surface area contributed by atoms with Gasteiger partial charge in [0.15, 0.2) is 0 Å². The summed E-state index contributed by atoms with van der Waals surface area (Å²) < 4.78 is 0. The molecule has 2 aliphatic rings. The minimum atomic E-state index is -0.800. The Kier molecular flexibility index (Phi) is 8.77. The lowest BCUT2D eigenvalue weighted by atomic mass is 9.85. The third-order valence-corrected chi connectivity index (χ3v) is 7.41. The highest BCUT2D eigenvalue weighted by Crippen LogP contribution is 2.35. The molecule has 9 heteroatoms. The molecule has 1 aliphatic carbocycles. The lowest BCUT2D eigenvalue weighted by Crippen LogP contribution is -2.50. The van der Waals surface area contributed by atoms with Gasteiger partial charge in [-0.3, -0.25) is 24.1 Å². The van der Waals surface area contributed by atoms with Crippen molar-refractivity contribution in [2.75, 3.05) is 6.54 Å². The van der Waals surface area contributed by atoms with Gasteiger partial charge in [-0.25, -0.2) is 0 Å². The van der Waals surface area contributed by atoms with Crippen LogP contribution in [0.3, 0.4) is 0 Å². The number of rotatable bonds is 9. The fourth-order valence-corrected chi connectivity index (χ4v) is 4.86. The molecule has 0 radical (unpaired) electrons. The first-order chi connectivity index (χ1) is 16.1. The van der Waals surface area contributed by atoms with Gasteiger partial charge in [-0.1, -0.05) is 48.3 Å². The van der Waals surface area contributed by atoms with Gasteiger partial charge in [0, 0.05) is 41.2 Å². The van der Waals surface area contributed by atoms with Crippen LogP contribution < -0.4 is 5.32 Å². The van der Waals surface area contributed by atoms with Crippen LogP contribution in [0.2, 0.25) is 10.0 Å². The molecule has 1 aromatic rings. The zero-order chi connectivity index (χ0) is 25.0. The molecule has 0 saturated carbocycles. The molecule has 1 aromatic carbocycles. The van der Waals surface area contributed by atoms with Crippen LogP contribution in [0, 0.1) is 11.8 Å². The van der Waals surface area contributed by atoms with Gasteiger partial charge in [-0.05, 0) is 45.2 Å². The number of allylic oxidation sites excluding steroid dienone is 2. The van der Waals surface area contributed by atoms with Crippen molar-refractivity contribution in [3.63, 3.8) is 0 Å². The average Bonchev–Trinajstić information content (AvgIpc) is 3.06. The van der Waals surface area contributed by atoms with Crippen LogP contribution in [0.15, 0.2) is 30.4 Å². The Hall–Kier alpha value is -2.38. The molecule has 0 bridgehead atoms. The van der Waals surface area contributed by atoms with E-state index in [-0.39, 0.29) is 61.0 Å². The highest BCUT2D eigenvalue weighted by molar-refractivity contribution is 6.36. The van der Waals surface area contributed by atoms with E-state index in [1.165, 1.54) is 9.80 Å². The molecular weight excluding hydrogens is 477 g/mol. The molecule has 1 fully saturated rings. The predicted molar refractivity (Wildman–Crippen MR) is 131 cm³/mol. The first-order valence-corrected chi connectivity index (χ1v) is 12.4. The van der Waals surface area contributed by atoms with Gasteiger partial charge in [-0.15, -0.1) is 0 Å². The van der Waals surface area contributed by atoms with Gasteiger partial charge in [0.1, 0.15) is 6.04 Å². The third-order valence-electron chi connectivity index (χ3n) is 6.71. The first-order valence-electron chi connectivity index (χ1n) is 11.7. The molecule has 1 heterocycles. The minimum Gasteiger partial charge on any atom is -0.352 e. The Morgan fingerprint density at radius 1 is 1.09 bits per heavy atom. The maximum absolute atomic E-state index is 13.4. The highest BCUT2D eigenvalue weighted by Gasteiger charge is 2.47. The molecule has 34 heavy (non-hydrogen) atoms. The van der Waals surface area contributed by atoms with Crippen molar-refractivity contribution >= 4 is 46.8 Å². The topological polar surface area (TPSA) is 86.8 Å². The van der Waals surface area contributed by atoms with E-state index in [1.54, 1.807) is 25.1 Å². The molecule has 184 valence electrons. The molecule has 4 atom stereocenters. The quantitative estimate of drug-likeness (QED) is 0.404. The fourth-order valence-electron chi connectivity index (χ4n) is 4.34. The van der Waals surface area contributed by atoms with E-state index in [0.29, 0.717) is 28.5 Å². The molecule has 7 nitrogen and oxygen atoms in total. The highest BCUT2D eigenvalue weighted by atomic mass is 35.5. The van der Waals surface area contributed by atoms with E-state index in [9.17, 15) is 19.2 Å². The number of nitrogens with one attached hydrogen (secondary N) is 1. The van der Waals surface area contributed by atoms with Crippen molar-refractivity contribution in [1.29, 1.82) is 0 Å². The smallest absolute Gasteiger partial charge is 0.242 e. The van der Waals surface area contributed by atoms with Gasteiger partial charge in [0.05, 0.1) is 11.8 Å². The summed E-state index contributed by atoms with van der Waals surface area (Å²) in [6.45, 7) is 5.51. The number of carbonyl (C=O) groups excluding carboxylic acids is 4. The molecular formula is C25H31Cl2N3O4. The molecule has 1 aliphatic heterocycles. The van der Waals surface area contributed by atoms with E-state index in [1.807, 2.05) is 26.0 Å². The van der Waals surface area contributed by atoms with E-state index in [2.05, 4.69) is 5.32 Å². The second-order valence-electron chi connectivity index (χ2n) is 8.95. The van der Waals surface area contributed by atoms with Gasteiger partial charge >= 0.3 is 0 Å². The normalized spacial score (nSPS) is 21.3. The maximum atomic E-state index is 13.4. The van der Waals surface area contributed by atoms with Gasteiger partial charge in [-0.2, -0.15) is 0 Å². The number of carbonyl (C=O) groups is 4. The van der Waals surface area contributed by atoms with Crippen molar-refractivity contribution in [2.45, 2.75) is 65.1 Å². The van der Waals surface area contributed by atoms with Crippen molar-refractivity contribution in [2.24, 2.45) is 11.8 Å². The van der Waals surface area contributed by atoms with E-state index >= 15 is 0 Å². The summed E-state index contributed by atoms with van der Waals surface area (Å²) in [5.41, 5.74) is 0.535. The zero-order valence-corrected chi connectivity index (χ0v) is 21.2. The van der Waals surface area contributed by atoms with E-state index in [0.717, 1.165) is 6.42 Å². The SMILES string of the molecule is CC[C@H](C)NC(=O)[C@H](C)N(Cc1c(Cl)cccc1Cl)C(=O)CCN1C(=O)[C@H]2CC=CC[C@H]2C1=O. The Morgan fingerprint density at radius 3 is 2.18 bits per heavy atom. The van der Waals surface area contributed by atoms with Crippen molar-refractivity contribution in [3.8, 4) is 0 Å². The van der Waals surface area contributed by atoms with Crippen LogP contribution in [0.5, 0.6) is 0 Å². The van der Waals surface area contributed by atoms with Crippen molar-refractivity contribution in [3.05, 3.63) is 46.0 Å². The summed E-state index contributed by atoms with van der Waals surface area (Å²) in [4.78, 5) is 54.3. The number of amides is 4. The molecule has 1 saturated heterocycles. The Labute approximate surface area is 210 Å². The van der Waals surface area contributed by atoms with Crippen LogP contribution in [-0.2, 0) is 25.7 Å². The number of halogens is 2. The van der Waals surface area contributed by atoms with Crippen LogP contribution in [0.25, 0.3) is 0 Å². The number of hydrogen-bond donors (Lipinski definition) is 1. The molecule has 3 rings (SSSR count). The van der Waals surface area contributed by atoms with Gasteiger partial charge in [0.25, 0.3) is 0 Å². The van der Waals surface area contributed by atoms with Crippen molar-refractivity contribution in [1.82, 2.24) is 15.1 Å². The second kappa shape index (κ2) is 11.4. The molecule has 0 spiro atoms. The monoisotopic (exact) mass is 507 g/mol. The standard InChI is InChI=1S/C25H31Cl2N3O4/c1-4-15(2)28-23(32)16(3)30(14-19-20(26)10-7-11-21(19)27)22(31)12-13-29-24(33)17-8-5-6-9-18(17)25(29)34/h5-7,10-11,15-18H,4,8-9,12-14H2,1-3H3,(H,28,32)/t15-,16-,17-,18+/m0/s1. The number of imide groups is 1. The van der Waals surface area contributed by atoms with Crippen LogP contribution >= 0.6 is 23.2 Å². The second-order valence-corrected chi connectivity index (χ2v) is 9.76. The summed E-state index contributed by atoms with van der Waals surface area (Å²) in [5.74, 6) is -1.80. The Bertz CT molecular complexity index is 950. The molecule has 4 amide bonds. The largest absolute Gasteiger partial charge is 0.352 e. The number of fused-ring (bicyclic) bond motifs is 1. The number of hydrogen-bond acceptors (Lipinski definition) is 4. The maximum Gasteiger partial charge on any atom is 0.242 e. The average molecular weight is 508 g/mol. The predicted octanol–water partition coefficient (Wildman–Crippen LogP) is 3.97. The Morgan fingerprint density at radius 2 is 1.65 bits per heavy atom. The summed E-state index contributed by atoms with van der Waals surface area (Å²) >= 11 is 12.7. The van der Waals surface area contributed by atoms with E-state index in [4.69, 9.17) is 23.2 Å². The lowest BCUT2D eigenvalue weighted by Gasteiger charge is -2.30. The minimum absolute atomic E-state index is 0.0179. The summed E-state index contributed by atoms with van der Waals surface area (Å²) in [6.07, 6.45) is 5.60. The molecule has 0 unspecified atom stereocenters. The van der Waals surface area contributed by atoms with Crippen LogP contribution in [0.4, 0.5) is 0 Å². The number of benzene rings is 1. The van der Waals surface area contributed by atoms with Crippen LogP contribution in [-0.4, -0.2) is 52.1 Å². The van der Waals surface area contributed by atoms with E-state index < -0.39 is 6.04 Å². The van der Waals surface area contributed by atoms with Crippen molar-refractivity contribution < 1.29 is 19.2 Å². The zero-order valence-electron chi connectivity index (χ0n) is 19.7. The summed E-state index contributed by atoms with van der Waals surface area (Å²) in [7, 11) is 0. The van der Waals surface area contributed by atoms with Crippen LogP contribution in [0.1, 0.15) is 52.0 Å². The molecule has 1 N–H and O–H groups in total. The number of nitrogens with zero attached hydrogens (tertiary/aromatic N) is 2. The summed E-state index contributed by atoms with van der Waals surface area (Å²) in [6, 6.07) is 4.20. The first kappa shape index (κ1) is 26.2. The molecule has 0 aromatic heterocycles.